The van der Waals surface area contributed by atoms with Crippen molar-refractivity contribution < 1.29 is 14.3 Å². The average Bonchev–Trinajstić information content (AvgIpc) is 2.45. The molecule has 0 N–H and O–H groups in total. The highest BCUT2D eigenvalue weighted by Gasteiger charge is 2.45. The third-order valence-electron chi connectivity index (χ3n) is 3.02. The Bertz CT molecular complexity index is 250. The number of hydrogen-bond donors (Lipinski definition) is 0. The van der Waals surface area contributed by atoms with Crippen molar-refractivity contribution in [2.24, 2.45) is 17.3 Å². The van der Waals surface area contributed by atoms with Crippen molar-refractivity contribution in [2.75, 3.05) is 7.11 Å². The standard InChI is InChI=1S/C11H18O3/c1-11(2,3)7-5-6-8(12)9(7)10(13)14-4/h7,9H,5-6H2,1-4H3/t7-,9+/m1/s1. The lowest BCUT2D eigenvalue weighted by atomic mass is 9.74. The third-order valence-corrected chi connectivity index (χ3v) is 3.02. The molecule has 3 nitrogen and oxygen atoms in total. The van der Waals surface area contributed by atoms with Crippen LogP contribution in [0.2, 0.25) is 0 Å². The van der Waals surface area contributed by atoms with Crippen LogP contribution in [0, 0.1) is 17.3 Å². The van der Waals surface area contributed by atoms with Gasteiger partial charge in [-0.2, -0.15) is 0 Å². The molecular formula is C11H18O3. The number of Topliss-reactive ketones (excluding diaryl/α,β-unsaturated/α-hetero) is 1. The lowest BCUT2D eigenvalue weighted by molar-refractivity contribution is -0.151. The number of carbonyl (C=O) groups is 2. The van der Waals surface area contributed by atoms with Crippen molar-refractivity contribution in [2.45, 2.75) is 33.6 Å². The van der Waals surface area contributed by atoms with Gasteiger partial charge in [0.1, 0.15) is 11.7 Å². The minimum atomic E-state index is -0.528. The molecule has 80 valence electrons. The van der Waals surface area contributed by atoms with Gasteiger partial charge in [0, 0.05) is 6.42 Å². The summed E-state index contributed by atoms with van der Waals surface area (Å²) in [5, 5.41) is 0. The minimum absolute atomic E-state index is 0.00891. The first-order chi connectivity index (χ1) is 6.38. The van der Waals surface area contributed by atoms with E-state index in [1.807, 2.05) is 0 Å². The summed E-state index contributed by atoms with van der Waals surface area (Å²) in [6, 6.07) is 0. The second-order valence-corrected chi connectivity index (χ2v) is 4.98. The highest BCUT2D eigenvalue weighted by molar-refractivity contribution is 6.00. The predicted octanol–water partition coefficient (Wildman–Crippen LogP) is 1.80. The second kappa shape index (κ2) is 3.71. The Labute approximate surface area is 84.8 Å². The zero-order valence-electron chi connectivity index (χ0n) is 9.29. The summed E-state index contributed by atoms with van der Waals surface area (Å²) >= 11 is 0. The topological polar surface area (TPSA) is 43.4 Å². The molecule has 0 aromatic heterocycles. The van der Waals surface area contributed by atoms with E-state index in [-0.39, 0.29) is 23.1 Å². The van der Waals surface area contributed by atoms with Crippen molar-refractivity contribution in [3.05, 3.63) is 0 Å². The van der Waals surface area contributed by atoms with Crippen LogP contribution in [0.1, 0.15) is 33.6 Å². The molecule has 0 spiro atoms. The van der Waals surface area contributed by atoms with Crippen LogP contribution in [0.3, 0.4) is 0 Å². The summed E-state index contributed by atoms with van der Waals surface area (Å²) in [5.74, 6) is -0.730. The normalized spacial score (nSPS) is 27.9. The summed E-state index contributed by atoms with van der Waals surface area (Å²) in [6.45, 7) is 6.19. The molecular weight excluding hydrogens is 180 g/mol. The van der Waals surface area contributed by atoms with Crippen molar-refractivity contribution >= 4 is 11.8 Å². The quantitative estimate of drug-likeness (QED) is 0.476. The van der Waals surface area contributed by atoms with Crippen LogP contribution in [-0.4, -0.2) is 18.9 Å². The number of ketones is 1. The van der Waals surface area contributed by atoms with Crippen LogP contribution in [0.25, 0.3) is 0 Å². The first-order valence-corrected chi connectivity index (χ1v) is 4.98. The highest BCUT2D eigenvalue weighted by atomic mass is 16.5. The van der Waals surface area contributed by atoms with Gasteiger partial charge < -0.3 is 4.74 Å². The minimum Gasteiger partial charge on any atom is -0.468 e. The third kappa shape index (κ3) is 1.97. The number of ether oxygens (including phenoxy) is 1. The molecule has 1 saturated carbocycles. The maximum absolute atomic E-state index is 11.5. The van der Waals surface area contributed by atoms with Crippen LogP contribution >= 0.6 is 0 Å². The first kappa shape index (κ1) is 11.2. The summed E-state index contributed by atoms with van der Waals surface area (Å²) in [4.78, 5) is 23.0. The molecule has 0 aromatic carbocycles. The molecule has 2 atom stereocenters. The summed E-state index contributed by atoms with van der Waals surface area (Å²) in [6.07, 6.45) is 1.32. The highest BCUT2D eigenvalue weighted by Crippen LogP contribution is 2.42. The fraction of sp³-hybridized carbons (Fsp3) is 0.818. The zero-order chi connectivity index (χ0) is 10.9. The van der Waals surface area contributed by atoms with Gasteiger partial charge in [-0.3, -0.25) is 9.59 Å². The monoisotopic (exact) mass is 198 g/mol. The summed E-state index contributed by atoms with van der Waals surface area (Å²) < 4.78 is 4.67. The zero-order valence-corrected chi connectivity index (χ0v) is 9.29. The van der Waals surface area contributed by atoms with E-state index in [4.69, 9.17) is 0 Å². The molecule has 0 saturated heterocycles. The fourth-order valence-electron chi connectivity index (χ4n) is 2.20. The maximum Gasteiger partial charge on any atom is 0.316 e. The Morgan fingerprint density at radius 1 is 1.43 bits per heavy atom. The van der Waals surface area contributed by atoms with Gasteiger partial charge in [-0.25, -0.2) is 0 Å². The van der Waals surface area contributed by atoms with Gasteiger partial charge in [0.15, 0.2) is 0 Å². The van der Waals surface area contributed by atoms with Crippen molar-refractivity contribution in [1.82, 2.24) is 0 Å². The Balaban J connectivity index is 2.88. The average molecular weight is 198 g/mol. The maximum atomic E-state index is 11.5. The van der Waals surface area contributed by atoms with Crippen LogP contribution in [0.4, 0.5) is 0 Å². The number of rotatable bonds is 1. The summed E-state index contributed by atoms with van der Waals surface area (Å²) in [5.41, 5.74) is -0.00891. The van der Waals surface area contributed by atoms with E-state index in [0.717, 1.165) is 6.42 Å². The van der Waals surface area contributed by atoms with Crippen LogP contribution < -0.4 is 0 Å². The van der Waals surface area contributed by atoms with Crippen molar-refractivity contribution in [3.63, 3.8) is 0 Å². The Hall–Kier alpha value is -0.860. The molecule has 1 aliphatic carbocycles. The lowest BCUT2D eigenvalue weighted by Crippen LogP contribution is -2.33. The SMILES string of the molecule is COC(=O)[C@@H]1C(=O)CC[C@H]1C(C)(C)C. The van der Waals surface area contributed by atoms with Crippen LogP contribution in [0.15, 0.2) is 0 Å². The number of esters is 1. The van der Waals surface area contributed by atoms with E-state index >= 15 is 0 Å². The van der Waals surface area contributed by atoms with Gasteiger partial charge in [0.05, 0.1) is 7.11 Å². The van der Waals surface area contributed by atoms with E-state index in [2.05, 4.69) is 25.5 Å². The Kier molecular flexibility index (Phi) is 2.98. The fourth-order valence-corrected chi connectivity index (χ4v) is 2.20. The Morgan fingerprint density at radius 3 is 2.43 bits per heavy atom. The molecule has 0 unspecified atom stereocenters. The molecule has 3 heteroatoms. The largest absolute Gasteiger partial charge is 0.468 e. The molecule has 0 aliphatic heterocycles. The van der Waals surface area contributed by atoms with E-state index < -0.39 is 5.92 Å². The molecule has 0 aromatic rings. The van der Waals surface area contributed by atoms with Gasteiger partial charge in [0.2, 0.25) is 0 Å². The Morgan fingerprint density at radius 2 is 2.00 bits per heavy atom. The van der Waals surface area contributed by atoms with Gasteiger partial charge >= 0.3 is 5.97 Å². The first-order valence-electron chi connectivity index (χ1n) is 4.98. The van der Waals surface area contributed by atoms with E-state index in [0.29, 0.717) is 6.42 Å². The molecule has 0 radical (unpaired) electrons. The predicted molar refractivity (Wildman–Crippen MR) is 52.7 cm³/mol. The van der Waals surface area contributed by atoms with Crippen molar-refractivity contribution in [1.29, 1.82) is 0 Å². The molecule has 0 bridgehead atoms. The summed E-state index contributed by atoms with van der Waals surface area (Å²) in [7, 11) is 1.34. The van der Waals surface area contributed by atoms with E-state index in [1.165, 1.54) is 7.11 Å². The van der Waals surface area contributed by atoms with E-state index in [9.17, 15) is 9.59 Å². The van der Waals surface area contributed by atoms with Crippen LogP contribution in [-0.2, 0) is 14.3 Å². The molecule has 0 amide bonds. The lowest BCUT2D eigenvalue weighted by Gasteiger charge is -2.29. The van der Waals surface area contributed by atoms with Gasteiger partial charge in [-0.1, -0.05) is 20.8 Å². The number of carbonyl (C=O) groups excluding carboxylic acids is 2. The number of methoxy groups -OCH3 is 1. The van der Waals surface area contributed by atoms with E-state index in [1.54, 1.807) is 0 Å². The molecule has 1 fully saturated rings. The van der Waals surface area contributed by atoms with Crippen LogP contribution in [0.5, 0.6) is 0 Å². The second-order valence-electron chi connectivity index (χ2n) is 4.98. The molecule has 14 heavy (non-hydrogen) atoms. The van der Waals surface area contributed by atoms with Crippen molar-refractivity contribution in [3.8, 4) is 0 Å². The molecule has 0 heterocycles. The molecule has 1 rings (SSSR count). The van der Waals surface area contributed by atoms with Gasteiger partial charge in [-0.05, 0) is 17.8 Å². The smallest absolute Gasteiger partial charge is 0.316 e. The van der Waals surface area contributed by atoms with Gasteiger partial charge in [-0.15, -0.1) is 0 Å². The molecule has 1 aliphatic rings. The number of hydrogen-bond acceptors (Lipinski definition) is 3. The van der Waals surface area contributed by atoms with Gasteiger partial charge in [0.25, 0.3) is 0 Å².